The van der Waals surface area contributed by atoms with E-state index in [1.54, 1.807) is 43.5 Å². The summed E-state index contributed by atoms with van der Waals surface area (Å²) in [4.78, 5) is 31.8. The summed E-state index contributed by atoms with van der Waals surface area (Å²) in [6, 6.07) is 10.6. The summed E-state index contributed by atoms with van der Waals surface area (Å²) in [5.41, 5.74) is 0.606. The SMILES string of the molecule is COc1cc(/C(O)=C2\C(=O)C(=O)N(Cc3ccccn3)C2c2ccc(C)o2)c(OC)cc1Cl. The number of aliphatic hydroxyl groups is 1. The second kappa shape index (κ2) is 8.99. The smallest absolute Gasteiger partial charge is 0.296 e. The van der Waals surface area contributed by atoms with Gasteiger partial charge >= 0.3 is 0 Å². The second-order valence-electron chi connectivity index (χ2n) is 7.38. The molecule has 3 aromatic rings. The molecule has 1 atom stereocenters. The number of benzene rings is 1. The van der Waals surface area contributed by atoms with Gasteiger partial charge in [-0.25, -0.2) is 0 Å². The topological polar surface area (TPSA) is 102 Å². The molecular weight excluding hydrogens is 448 g/mol. The second-order valence-corrected chi connectivity index (χ2v) is 7.79. The number of likely N-dealkylation sites (tertiary alicyclic amines) is 1. The molecule has 1 amide bonds. The summed E-state index contributed by atoms with van der Waals surface area (Å²) in [6.45, 7) is 1.80. The van der Waals surface area contributed by atoms with Gasteiger partial charge in [-0.15, -0.1) is 0 Å². The lowest BCUT2D eigenvalue weighted by Gasteiger charge is -2.23. The van der Waals surface area contributed by atoms with E-state index in [9.17, 15) is 14.7 Å². The molecule has 4 rings (SSSR count). The third-order valence-electron chi connectivity index (χ3n) is 5.36. The summed E-state index contributed by atoms with van der Waals surface area (Å²) in [5.74, 6) is -0.638. The van der Waals surface area contributed by atoms with Crippen molar-refractivity contribution in [3.05, 3.63) is 82.0 Å². The molecule has 3 heterocycles. The summed E-state index contributed by atoms with van der Waals surface area (Å²) >= 11 is 6.18. The van der Waals surface area contributed by atoms with Gasteiger partial charge in [0.05, 0.1) is 42.6 Å². The maximum absolute atomic E-state index is 13.2. The van der Waals surface area contributed by atoms with Crippen LogP contribution in [0.3, 0.4) is 0 Å². The van der Waals surface area contributed by atoms with Gasteiger partial charge in [-0.1, -0.05) is 17.7 Å². The van der Waals surface area contributed by atoms with Crippen molar-refractivity contribution < 1.29 is 28.6 Å². The van der Waals surface area contributed by atoms with E-state index in [-0.39, 0.29) is 34.2 Å². The van der Waals surface area contributed by atoms with E-state index in [2.05, 4.69) is 4.98 Å². The van der Waals surface area contributed by atoms with E-state index >= 15 is 0 Å². The molecule has 1 aliphatic heterocycles. The Balaban J connectivity index is 1.91. The first-order valence-corrected chi connectivity index (χ1v) is 10.4. The minimum atomic E-state index is -0.966. The van der Waals surface area contributed by atoms with Gasteiger partial charge in [0, 0.05) is 12.3 Å². The molecule has 0 spiro atoms. The fourth-order valence-corrected chi connectivity index (χ4v) is 4.03. The Kier molecular flexibility index (Phi) is 6.11. The number of aromatic nitrogens is 1. The minimum Gasteiger partial charge on any atom is -0.507 e. The van der Waals surface area contributed by atoms with Crippen molar-refractivity contribution in [2.75, 3.05) is 14.2 Å². The van der Waals surface area contributed by atoms with Gasteiger partial charge < -0.3 is 23.9 Å². The number of rotatable bonds is 6. The Hall–Kier alpha value is -3.78. The molecule has 0 aliphatic carbocycles. The normalized spacial score (nSPS) is 17.5. The minimum absolute atomic E-state index is 0.0493. The molecule has 0 saturated carbocycles. The van der Waals surface area contributed by atoms with Crippen LogP contribution < -0.4 is 9.47 Å². The molecule has 33 heavy (non-hydrogen) atoms. The number of halogens is 1. The van der Waals surface area contributed by atoms with Crippen LogP contribution in [0, 0.1) is 6.92 Å². The largest absolute Gasteiger partial charge is 0.507 e. The van der Waals surface area contributed by atoms with E-state index < -0.39 is 23.5 Å². The van der Waals surface area contributed by atoms with Gasteiger partial charge in [-0.05, 0) is 37.3 Å². The average Bonchev–Trinajstić information content (AvgIpc) is 3.35. The van der Waals surface area contributed by atoms with Crippen LogP contribution in [-0.2, 0) is 16.1 Å². The third kappa shape index (κ3) is 4.05. The Bertz CT molecular complexity index is 1250. The van der Waals surface area contributed by atoms with Crippen LogP contribution in [0.25, 0.3) is 5.76 Å². The quantitative estimate of drug-likeness (QED) is 0.327. The maximum atomic E-state index is 13.2. The first-order valence-electron chi connectivity index (χ1n) is 10.0. The molecule has 1 saturated heterocycles. The van der Waals surface area contributed by atoms with Crippen LogP contribution in [-0.4, -0.2) is 40.9 Å². The van der Waals surface area contributed by atoms with Crippen LogP contribution in [0.5, 0.6) is 11.5 Å². The van der Waals surface area contributed by atoms with Gasteiger partial charge in [0.25, 0.3) is 11.7 Å². The Labute approximate surface area is 195 Å². The molecular formula is C24H21ClN2O6. The van der Waals surface area contributed by atoms with Gasteiger partial charge in [0.1, 0.15) is 34.8 Å². The highest BCUT2D eigenvalue weighted by atomic mass is 35.5. The molecule has 0 radical (unpaired) electrons. The number of aliphatic hydroxyl groups excluding tert-OH is 1. The highest BCUT2D eigenvalue weighted by Crippen LogP contribution is 2.43. The average molecular weight is 469 g/mol. The number of methoxy groups -OCH3 is 2. The fourth-order valence-electron chi connectivity index (χ4n) is 3.80. The highest BCUT2D eigenvalue weighted by Gasteiger charge is 2.48. The van der Waals surface area contributed by atoms with Crippen LogP contribution in [0.15, 0.2) is 58.7 Å². The number of ether oxygens (including phenoxy) is 2. The molecule has 0 bridgehead atoms. The van der Waals surface area contributed by atoms with Crippen LogP contribution in [0.4, 0.5) is 0 Å². The van der Waals surface area contributed by atoms with Crippen molar-refractivity contribution in [1.82, 2.24) is 9.88 Å². The monoisotopic (exact) mass is 468 g/mol. The summed E-state index contributed by atoms with van der Waals surface area (Å²) in [7, 11) is 2.83. The molecule has 2 aromatic heterocycles. The number of hydrogen-bond acceptors (Lipinski definition) is 7. The predicted molar refractivity (Wildman–Crippen MR) is 120 cm³/mol. The first-order chi connectivity index (χ1) is 15.8. The van der Waals surface area contributed by atoms with Crippen molar-refractivity contribution in [3.8, 4) is 11.5 Å². The van der Waals surface area contributed by atoms with E-state index in [4.69, 9.17) is 25.5 Å². The molecule has 1 unspecified atom stereocenters. The lowest BCUT2D eigenvalue weighted by molar-refractivity contribution is -0.140. The number of ketones is 1. The van der Waals surface area contributed by atoms with Crippen molar-refractivity contribution in [3.63, 3.8) is 0 Å². The van der Waals surface area contributed by atoms with Gasteiger partial charge in [-0.3, -0.25) is 14.6 Å². The van der Waals surface area contributed by atoms with Crippen molar-refractivity contribution in [2.24, 2.45) is 0 Å². The Morgan fingerprint density at radius 1 is 1.15 bits per heavy atom. The van der Waals surface area contributed by atoms with Gasteiger partial charge in [-0.2, -0.15) is 0 Å². The van der Waals surface area contributed by atoms with Crippen LogP contribution >= 0.6 is 11.6 Å². The molecule has 1 N–H and O–H groups in total. The number of aryl methyl sites for hydroxylation is 1. The van der Waals surface area contributed by atoms with Crippen LogP contribution in [0.1, 0.15) is 28.8 Å². The fraction of sp³-hybridized carbons (Fsp3) is 0.208. The summed E-state index contributed by atoms with van der Waals surface area (Å²) in [6.07, 6.45) is 1.60. The number of pyridine rings is 1. The molecule has 1 aliphatic rings. The number of furan rings is 1. The van der Waals surface area contributed by atoms with E-state index in [1.807, 2.05) is 0 Å². The zero-order valence-electron chi connectivity index (χ0n) is 18.2. The Morgan fingerprint density at radius 3 is 2.52 bits per heavy atom. The van der Waals surface area contributed by atoms with Crippen molar-refractivity contribution in [2.45, 2.75) is 19.5 Å². The molecule has 9 heteroatoms. The predicted octanol–water partition coefficient (Wildman–Crippen LogP) is 4.28. The number of Topliss-reactive ketones (excluding diaryl/α,β-unsaturated/α-hetero) is 1. The Morgan fingerprint density at radius 2 is 1.91 bits per heavy atom. The number of amides is 1. The standard InChI is InChI=1S/C24H21ClN2O6/c1-13-7-8-17(33-13)21-20(22(28)15-10-19(32-3)16(25)11-18(15)31-2)23(29)24(30)27(21)12-14-6-4-5-9-26-14/h4-11,21,28H,12H2,1-3H3/b22-20+. The maximum Gasteiger partial charge on any atom is 0.296 e. The molecule has 1 fully saturated rings. The molecule has 170 valence electrons. The zero-order chi connectivity index (χ0) is 23.7. The van der Waals surface area contributed by atoms with E-state index in [1.165, 1.54) is 31.3 Å². The van der Waals surface area contributed by atoms with Gasteiger partial charge in [0.2, 0.25) is 0 Å². The van der Waals surface area contributed by atoms with E-state index in [0.717, 1.165) is 0 Å². The third-order valence-corrected chi connectivity index (χ3v) is 5.65. The van der Waals surface area contributed by atoms with Crippen molar-refractivity contribution >= 4 is 29.1 Å². The summed E-state index contributed by atoms with van der Waals surface area (Å²) < 4.78 is 16.4. The summed E-state index contributed by atoms with van der Waals surface area (Å²) in [5, 5.41) is 11.6. The van der Waals surface area contributed by atoms with Gasteiger partial charge in [0.15, 0.2) is 0 Å². The lowest BCUT2D eigenvalue weighted by atomic mass is 9.98. The highest BCUT2D eigenvalue weighted by molar-refractivity contribution is 6.46. The van der Waals surface area contributed by atoms with Crippen LogP contribution in [0.2, 0.25) is 5.02 Å². The first kappa shape index (κ1) is 22.4. The number of hydrogen-bond donors (Lipinski definition) is 1. The number of carbonyl (C=O) groups is 2. The number of carbonyl (C=O) groups excluding carboxylic acids is 2. The van der Waals surface area contributed by atoms with E-state index in [0.29, 0.717) is 17.2 Å². The number of nitrogens with zero attached hydrogens (tertiary/aromatic N) is 2. The molecule has 8 nitrogen and oxygen atoms in total. The zero-order valence-corrected chi connectivity index (χ0v) is 18.9. The van der Waals surface area contributed by atoms with Crippen molar-refractivity contribution in [1.29, 1.82) is 0 Å². The molecule has 1 aromatic carbocycles. The lowest BCUT2D eigenvalue weighted by Crippen LogP contribution is -2.29.